The molecule has 1 fully saturated rings. The molecule has 0 atom stereocenters. The lowest BCUT2D eigenvalue weighted by Crippen LogP contribution is -2.46. The van der Waals surface area contributed by atoms with Gasteiger partial charge in [0.05, 0.1) is 5.41 Å². The molecular formula is C15H19FN2O3. The number of aliphatic carboxylic acids is 1. The number of carboxylic acids is 1. The number of piperidine rings is 1. The summed E-state index contributed by atoms with van der Waals surface area (Å²) in [6.45, 7) is 4.24. The number of nitrogens with zero attached hydrogens (tertiary/aromatic N) is 1. The van der Waals surface area contributed by atoms with Crippen LogP contribution in [0, 0.1) is 18.2 Å². The third kappa shape index (κ3) is 3.32. The number of nitrogens with one attached hydrogen (secondary N) is 1. The Bertz CT molecular complexity index is 566. The normalized spacial score (nSPS) is 17.4. The first kappa shape index (κ1) is 15.3. The van der Waals surface area contributed by atoms with E-state index in [1.807, 2.05) is 0 Å². The lowest BCUT2D eigenvalue weighted by Gasteiger charge is -2.36. The van der Waals surface area contributed by atoms with E-state index in [-0.39, 0.29) is 6.03 Å². The topological polar surface area (TPSA) is 69.6 Å². The van der Waals surface area contributed by atoms with Crippen LogP contribution in [0.1, 0.15) is 25.3 Å². The first-order chi connectivity index (χ1) is 9.82. The number of benzene rings is 1. The fourth-order valence-electron chi connectivity index (χ4n) is 2.34. The maximum atomic E-state index is 13.2. The van der Waals surface area contributed by atoms with Crippen molar-refractivity contribution in [2.75, 3.05) is 18.4 Å². The van der Waals surface area contributed by atoms with Crippen LogP contribution in [-0.2, 0) is 4.79 Å². The molecule has 6 heteroatoms. The molecule has 0 aliphatic carbocycles. The van der Waals surface area contributed by atoms with Gasteiger partial charge in [-0.25, -0.2) is 9.18 Å². The summed E-state index contributed by atoms with van der Waals surface area (Å²) < 4.78 is 13.2. The van der Waals surface area contributed by atoms with Crippen molar-refractivity contribution in [1.82, 2.24) is 4.90 Å². The molecule has 1 aromatic carbocycles. The molecule has 2 amide bonds. The molecular weight excluding hydrogens is 275 g/mol. The lowest BCUT2D eigenvalue weighted by atomic mass is 9.80. The van der Waals surface area contributed by atoms with E-state index in [0.29, 0.717) is 31.6 Å². The maximum absolute atomic E-state index is 13.2. The minimum atomic E-state index is -0.830. The highest BCUT2D eigenvalue weighted by Gasteiger charge is 2.38. The van der Waals surface area contributed by atoms with E-state index in [9.17, 15) is 14.0 Å². The van der Waals surface area contributed by atoms with Crippen molar-refractivity contribution >= 4 is 17.7 Å². The standard InChI is InChI=1S/C15H19FN2O3/c1-10-3-4-11(16)9-12(10)17-14(21)18-7-5-15(2,6-8-18)13(19)20/h3-4,9H,5-8H2,1-2H3,(H,17,21)(H,19,20). The minimum Gasteiger partial charge on any atom is -0.481 e. The highest BCUT2D eigenvalue weighted by atomic mass is 19.1. The van der Waals surface area contributed by atoms with Crippen LogP contribution in [0.3, 0.4) is 0 Å². The van der Waals surface area contributed by atoms with E-state index >= 15 is 0 Å². The van der Waals surface area contributed by atoms with E-state index in [4.69, 9.17) is 5.11 Å². The van der Waals surface area contributed by atoms with Gasteiger partial charge in [-0.15, -0.1) is 0 Å². The molecule has 5 nitrogen and oxygen atoms in total. The number of rotatable bonds is 2. The lowest BCUT2D eigenvalue weighted by molar-refractivity contribution is -0.150. The summed E-state index contributed by atoms with van der Waals surface area (Å²) in [5.41, 5.74) is 0.439. The molecule has 1 aromatic rings. The van der Waals surface area contributed by atoms with E-state index in [0.717, 1.165) is 5.56 Å². The van der Waals surface area contributed by atoms with E-state index in [1.165, 1.54) is 12.1 Å². The van der Waals surface area contributed by atoms with Gasteiger partial charge < -0.3 is 15.3 Å². The predicted molar refractivity (Wildman–Crippen MR) is 76.7 cm³/mol. The molecule has 2 rings (SSSR count). The Morgan fingerprint density at radius 3 is 2.52 bits per heavy atom. The van der Waals surface area contributed by atoms with Crippen LogP contribution < -0.4 is 5.32 Å². The van der Waals surface area contributed by atoms with E-state index in [1.54, 1.807) is 24.8 Å². The maximum Gasteiger partial charge on any atom is 0.321 e. The second kappa shape index (κ2) is 5.71. The minimum absolute atomic E-state index is 0.323. The summed E-state index contributed by atoms with van der Waals surface area (Å²) >= 11 is 0. The zero-order valence-corrected chi connectivity index (χ0v) is 12.1. The Morgan fingerprint density at radius 1 is 1.33 bits per heavy atom. The Balaban J connectivity index is 2.00. The zero-order chi connectivity index (χ0) is 15.6. The Morgan fingerprint density at radius 2 is 1.95 bits per heavy atom. The van der Waals surface area contributed by atoms with Gasteiger partial charge in [-0.3, -0.25) is 4.79 Å². The van der Waals surface area contributed by atoms with Crippen molar-refractivity contribution in [3.8, 4) is 0 Å². The molecule has 0 radical (unpaired) electrons. The molecule has 1 heterocycles. The molecule has 0 aromatic heterocycles. The van der Waals surface area contributed by atoms with Crippen molar-refractivity contribution in [1.29, 1.82) is 0 Å². The average Bonchev–Trinajstić information content (AvgIpc) is 2.43. The fourth-order valence-corrected chi connectivity index (χ4v) is 2.34. The first-order valence-electron chi connectivity index (χ1n) is 6.87. The van der Waals surface area contributed by atoms with E-state index < -0.39 is 17.2 Å². The molecule has 114 valence electrons. The molecule has 2 N–H and O–H groups in total. The van der Waals surface area contributed by atoms with Gasteiger partial charge in [0.1, 0.15) is 5.82 Å². The number of urea groups is 1. The Hall–Kier alpha value is -2.11. The third-order valence-corrected chi connectivity index (χ3v) is 4.11. The van der Waals surface area contributed by atoms with Gasteiger partial charge in [-0.05, 0) is 44.4 Å². The number of carboxylic acid groups (broad SMARTS) is 1. The van der Waals surface area contributed by atoms with Gasteiger partial charge in [0.25, 0.3) is 0 Å². The van der Waals surface area contributed by atoms with Crippen molar-refractivity contribution in [2.45, 2.75) is 26.7 Å². The summed E-state index contributed by atoms with van der Waals surface area (Å²) in [4.78, 5) is 24.9. The second-order valence-electron chi connectivity index (χ2n) is 5.74. The van der Waals surface area contributed by atoms with Gasteiger partial charge in [0.15, 0.2) is 0 Å². The number of carbonyl (C=O) groups excluding carboxylic acids is 1. The molecule has 1 aliphatic rings. The Kier molecular flexibility index (Phi) is 4.16. The van der Waals surface area contributed by atoms with Crippen molar-refractivity contribution in [2.24, 2.45) is 5.41 Å². The molecule has 0 bridgehead atoms. The van der Waals surface area contributed by atoms with Crippen LogP contribution in [0.2, 0.25) is 0 Å². The van der Waals surface area contributed by atoms with Gasteiger partial charge in [0.2, 0.25) is 0 Å². The number of hydrogen-bond acceptors (Lipinski definition) is 2. The van der Waals surface area contributed by atoms with Crippen molar-refractivity contribution < 1.29 is 19.1 Å². The smallest absolute Gasteiger partial charge is 0.321 e. The number of halogens is 1. The zero-order valence-electron chi connectivity index (χ0n) is 12.1. The van der Waals surface area contributed by atoms with Crippen molar-refractivity contribution in [3.05, 3.63) is 29.6 Å². The van der Waals surface area contributed by atoms with Gasteiger partial charge in [0, 0.05) is 18.8 Å². The quantitative estimate of drug-likeness (QED) is 0.881. The molecule has 0 spiro atoms. The highest BCUT2D eigenvalue weighted by Crippen LogP contribution is 2.31. The molecule has 0 unspecified atom stereocenters. The largest absolute Gasteiger partial charge is 0.481 e. The van der Waals surface area contributed by atoms with Crippen LogP contribution in [0.15, 0.2) is 18.2 Å². The predicted octanol–water partition coefficient (Wildman–Crippen LogP) is 2.85. The van der Waals surface area contributed by atoms with Crippen LogP contribution in [0.25, 0.3) is 0 Å². The number of likely N-dealkylation sites (tertiary alicyclic amines) is 1. The summed E-state index contributed by atoms with van der Waals surface area (Å²) in [5.74, 6) is -1.24. The first-order valence-corrected chi connectivity index (χ1v) is 6.87. The van der Waals surface area contributed by atoms with Crippen LogP contribution in [0.4, 0.5) is 14.9 Å². The average molecular weight is 294 g/mol. The fraction of sp³-hybridized carbons (Fsp3) is 0.467. The van der Waals surface area contributed by atoms with Gasteiger partial charge in [-0.2, -0.15) is 0 Å². The summed E-state index contributed by atoms with van der Waals surface area (Å²) in [6, 6.07) is 3.89. The van der Waals surface area contributed by atoms with Crippen LogP contribution in [-0.4, -0.2) is 35.1 Å². The summed E-state index contributed by atoms with van der Waals surface area (Å²) in [7, 11) is 0. The number of amides is 2. The number of carbonyl (C=O) groups is 2. The molecule has 21 heavy (non-hydrogen) atoms. The molecule has 1 saturated heterocycles. The number of anilines is 1. The van der Waals surface area contributed by atoms with Crippen LogP contribution >= 0.6 is 0 Å². The highest BCUT2D eigenvalue weighted by molar-refractivity contribution is 5.90. The second-order valence-corrected chi connectivity index (χ2v) is 5.74. The van der Waals surface area contributed by atoms with E-state index in [2.05, 4.69) is 5.32 Å². The summed E-state index contributed by atoms with van der Waals surface area (Å²) in [5, 5.41) is 11.8. The SMILES string of the molecule is Cc1ccc(F)cc1NC(=O)N1CCC(C)(C(=O)O)CC1. The van der Waals surface area contributed by atoms with Gasteiger partial charge in [-0.1, -0.05) is 6.07 Å². The third-order valence-electron chi connectivity index (χ3n) is 4.11. The molecule has 0 saturated carbocycles. The van der Waals surface area contributed by atoms with Crippen molar-refractivity contribution in [3.63, 3.8) is 0 Å². The van der Waals surface area contributed by atoms with Gasteiger partial charge >= 0.3 is 12.0 Å². The number of hydrogen-bond donors (Lipinski definition) is 2. The Labute approximate surface area is 122 Å². The monoisotopic (exact) mass is 294 g/mol. The van der Waals surface area contributed by atoms with Crippen LogP contribution in [0.5, 0.6) is 0 Å². The summed E-state index contributed by atoms with van der Waals surface area (Å²) in [6.07, 6.45) is 0.829. The number of aryl methyl sites for hydroxylation is 1. The molecule has 1 aliphatic heterocycles.